The maximum absolute atomic E-state index is 13.8. The van der Waals surface area contributed by atoms with Gasteiger partial charge in [-0.3, -0.25) is 0 Å². The Morgan fingerprint density at radius 2 is 1.89 bits per heavy atom. The number of aromatic nitrogens is 2. The lowest BCUT2D eigenvalue weighted by Gasteiger charge is -2.26. The molecule has 1 aromatic heterocycles. The molecule has 18 heavy (non-hydrogen) atoms. The molecule has 0 bridgehead atoms. The second-order valence-electron chi connectivity index (χ2n) is 4.65. The van der Waals surface area contributed by atoms with Crippen LogP contribution in [0.1, 0.15) is 39.0 Å². The Kier molecular flexibility index (Phi) is 4.73. The highest BCUT2D eigenvalue weighted by Crippen LogP contribution is 2.21. The molecule has 1 saturated heterocycles. The van der Waals surface area contributed by atoms with Crippen LogP contribution in [0.5, 0.6) is 0 Å². The van der Waals surface area contributed by atoms with E-state index < -0.39 is 0 Å². The van der Waals surface area contributed by atoms with Crippen LogP contribution in [-0.2, 0) is 0 Å². The summed E-state index contributed by atoms with van der Waals surface area (Å²) in [6, 6.07) is 0. The third-order valence-corrected chi connectivity index (χ3v) is 3.22. The molecule has 1 fully saturated rings. The van der Waals surface area contributed by atoms with Gasteiger partial charge in [-0.15, -0.1) is 0 Å². The topological polar surface area (TPSA) is 41.1 Å². The van der Waals surface area contributed by atoms with Crippen molar-refractivity contribution >= 4 is 11.8 Å². The molecule has 2 rings (SSSR count). The Labute approximate surface area is 108 Å². The molecule has 5 heteroatoms. The van der Waals surface area contributed by atoms with Gasteiger partial charge in [0.25, 0.3) is 0 Å². The molecule has 0 spiro atoms. The molecule has 100 valence electrons. The molecule has 0 saturated carbocycles. The van der Waals surface area contributed by atoms with Crippen molar-refractivity contribution in [2.45, 2.75) is 39.0 Å². The Hall–Kier alpha value is -1.39. The zero-order valence-corrected chi connectivity index (χ0v) is 11.0. The summed E-state index contributed by atoms with van der Waals surface area (Å²) in [4.78, 5) is 10.3. The quantitative estimate of drug-likeness (QED) is 0.898. The highest BCUT2D eigenvalue weighted by atomic mass is 19.1. The molecule has 1 aliphatic heterocycles. The van der Waals surface area contributed by atoms with E-state index in [1.807, 2.05) is 6.92 Å². The fourth-order valence-corrected chi connectivity index (χ4v) is 2.28. The molecule has 0 aromatic carbocycles. The van der Waals surface area contributed by atoms with Crippen LogP contribution in [0.2, 0.25) is 0 Å². The molecule has 0 amide bonds. The SMILES string of the molecule is CCNc1ncc(F)c(N2CCCCCCC2)n1. The van der Waals surface area contributed by atoms with E-state index in [2.05, 4.69) is 20.2 Å². The third-order valence-electron chi connectivity index (χ3n) is 3.22. The van der Waals surface area contributed by atoms with Gasteiger partial charge in [-0.1, -0.05) is 19.3 Å². The van der Waals surface area contributed by atoms with E-state index in [9.17, 15) is 4.39 Å². The van der Waals surface area contributed by atoms with Crippen LogP contribution in [0.4, 0.5) is 16.2 Å². The Morgan fingerprint density at radius 1 is 1.22 bits per heavy atom. The second kappa shape index (κ2) is 6.52. The molecule has 0 aliphatic carbocycles. The molecular weight excluding hydrogens is 231 g/mol. The largest absolute Gasteiger partial charge is 0.354 e. The van der Waals surface area contributed by atoms with E-state index in [-0.39, 0.29) is 5.82 Å². The molecule has 0 radical (unpaired) electrons. The van der Waals surface area contributed by atoms with E-state index in [1.165, 1.54) is 25.5 Å². The van der Waals surface area contributed by atoms with Gasteiger partial charge in [0.05, 0.1) is 6.20 Å². The van der Waals surface area contributed by atoms with Crippen molar-refractivity contribution in [3.63, 3.8) is 0 Å². The first kappa shape index (κ1) is 13.1. The van der Waals surface area contributed by atoms with Gasteiger partial charge < -0.3 is 10.2 Å². The van der Waals surface area contributed by atoms with Gasteiger partial charge in [0.15, 0.2) is 11.6 Å². The zero-order valence-electron chi connectivity index (χ0n) is 11.0. The second-order valence-corrected chi connectivity index (χ2v) is 4.65. The predicted octanol–water partition coefficient (Wildman–Crippen LogP) is 2.82. The summed E-state index contributed by atoms with van der Waals surface area (Å²) in [6.45, 7) is 4.49. The van der Waals surface area contributed by atoms with Gasteiger partial charge in [-0.25, -0.2) is 9.37 Å². The maximum atomic E-state index is 13.8. The molecule has 0 unspecified atom stereocenters. The van der Waals surface area contributed by atoms with E-state index in [0.717, 1.165) is 32.5 Å². The van der Waals surface area contributed by atoms with Gasteiger partial charge in [0.2, 0.25) is 5.95 Å². The third kappa shape index (κ3) is 3.31. The van der Waals surface area contributed by atoms with Crippen molar-refractivity contribution in [1.29, 1.82) is 0 Å². The summed E-state index contributed by atoms with van der Waals surface area (Å²) >= 11 is 0. The number of nitrogens with one attached hydrogen (secondary N) is 1. The van der Waals surface area contributed by atoms with E-state index in [0.29, 0.717) is 11.8 Å². The molecule has 1 N–H and O–H groups in total. The first-order valence-electron chi connectivity index (χ1n) is 6.82. The number of nitrogens with zero attached hydrogens (tertiary/aromatic N) is 3. The zero-order chi connectivity index (χ0) is 12.8. The highest BCUT2D eigenvalue weighted by molar-refractivity contribution is 5.43. The Morgan fingerprint density at radius 3 is 2.56 bits per heavy atom. The Bertz CT molecular complexity index is 375. The minimum Gasteiger partial charge on any atom is -0.354 e. The average molecular weight is 252 g/mol. The fraction of sp³-hybridized carbons (Fsp3) is 0.692. The molecule has 0 atom stereocenters. The summed E-state index contributed by atoms with van der Waals surface area (Å²) in [7, 11) is 0. The summed E-state index contributed by atoms with van der Waals surface area (Å²) in [5.74, 6) is 0.635. The van der Waals surface area contributed by atoms with Gasteiger partial charge in [-0.2, -0.15) is 4.98 Å². The number of hydrogen-bond acceptors (Lipinski definition) is 4. The van der Waals surface area contributed by atoms with Crippen molar-refractivity contribution in [1.82, 2.24) is 9.97 Å². The summed E-state index contributed by atoms with van der Waals surface area (Å²) < 4.78 is 13.8. The lowest BCUT2D eigenvalue weighted by Crippen LogP contribution is -2.29. The standard InChI is InChI=1S/C13H21FN4/c1-2-15-13-16-10-11(14)12(17-13)18-8-6-4-3-5-7-9-18/h10H,2-9H2,1H3,(H,15,16,17). The first-order chi connectivity index (χ1) is 8.81. The molecule has 1 aliphatic rings. The Balaban J connectivity index is 2.15. The van der Waals surface area contributed by atoms with Crippen molar-refractivity contribution in [3.05, 3.63) is 12.0 Å². The average Bonchev–Trinajstić information content (AvgIpc) is 2.32. The normalized spacial score (nSPS) is 17.1. The fourth-order valence-electron chi connectivity index (χ4n) is 2.28. The number of halogens is 1. The smallest absolute Gasteiger partial charge is 0.224 e. The maximum Gasteiger partial charge on any atom is 0.224 e. The highest BCUT2D eigenvalue weighted by Gasteiger charge is 2.15. The molecule has 2 heterocycles. The minimum absolute atomic E-state index is 0.322. The first-order valence-corrected chi connectivity index (χ1v) is 6.82. The van der Waals surface area contributed by atoms with E-state index >= 15 is 0 Å². The van der Waals surface area contributed by atoms with E-state index in [4.69, 9.17) is 0 Å². The van der Waals surface area contributed by atoms with Crippen LogP contribution in [0.15, 0.2) is 6.20 Å². The van der Waals surface area contributed by atoms with Crippen LogP contribution < -0.4 is 10.2 Å². The number of hydrogen-bond donors (Lipinski definition) is 1. The molecular formula is C13H21FN4. The number of anilines is 2. The van der Waals surface area contributed by atoms with Crippen LogP contribution in [0, 0.1) is 5.82 Å². The van der Waals surface area contributed by atoms with Gasteiger partial charge in [0, 0.05) is 19.6 Å². The molecule has 4 nitrogen and oxygen atoms in total. The lowest BCUT2D eigenvalue weighted by atomic mass is 10.1. The van der Waals surface area contributed by atoms with Crippen LogP contribution in [-0.4, -0.2) is 29.6 Å². The summed E-state index contributed by atoms with van der Waals surface area (Å²) in [5.41, 5.74) is 0. The van der Waals surface area contributed by atoms with Crippen LogP contribution in [0.3, 0.4) is 0 Å². The summed E-state index contributed by atoms with van der Waals surface area (Å²) in [6.07, 6.45) is 7.23. The summed E-state index contributed by atoms with van der Waals surface area (Å²) in [5, 5.41) is 3.03. The van der Waals surface area contributed by atoms with Crippen molar-refractivity contribution < 1.29 is 4.39 Å². The lowest BCUT2D eigenvalue weighted by molar-refractivity contribution is 0.538. The van der Waals surface area contributed by atoms with Crippen molar-refractivity contribution in [2.75, 3.05) is 29.9 Å². The molecule has 1 aromatic rings. The minimum atomic E-state index is -0.322. The monoisotopic (exact) mass is 252 g/mol. The number of rotatable bonds is 3. The van der Waals surface area contributed by atoms with Crippen molar-refractivity contribution in [2.24, 2.45) is 0 Å². The van der Waals surface area contributed by atoms with Gasteiger partial charge in [0.1, 0.15) is 0 Å². The predicted molar refractivity (Wildman–Crippen MR) is 71.5 cm³/mol. The van der Waals surface area contributed by atoms with Crippen molar-refractivity contribution in [3.8, 4) is 0 Å². The van der Waals surface area contributed by atoms with Crippen LogP contribution >= 0.6 is 0 Å². The van der Waals surface area contributed by atoms with Gasteiger partial charge >= 0.3 is 0 Å². The van der Waals surface area contributed by atoms with E-state index in [1.54, 1.807) is 0 Å². The van der Waals surface area contributed by atoms with Gasteiger partial charge in [-0.05, 0) is 19.8 Å². The van der Waals surface area contributed by atoms with Crippen LogP contribution in [0.25, 0.3) is 0 Å².